The van der Waals surface area contributed by atoms with Gasteiger partial charge in [-0.3, -0.25) is 4.79 Å². The van der Waals surface area contributed by atoms with Crippen molar-refractivity contribution < 1.29 is 23.4 Å². The maximum atomic E-state index is 14.0. The van der Waals surface area contributed by atoms with Crippen LogP contribution in [0.3, 0.4) is 0 Å². The molecule has 22 heavy (non-hydrogen) atoms. The fourth-order valence-corrected chi connectivity index (χ4v) is 2.71. The number of hydrogen-bond donors (Lipinski definition) is 1. The summed E-state index contributed by atoms with van der Waals surface area (Å²) in [5.74, 6) is -2.41. The predicted octanol–water partition coefficient (Wildman–Crippen LogP) is 4.79. The zero-order chi connectivity index (χ0) is 16.7. The second kappa shape index (κ2) is 5.70. The third-order valence-electron chi connectivity index (χ3n) is 3.84. The van der Waals surface area contributed by atoms with E-state index in [0.29, 0.717) is 5.02 Å². The van der Waals surface area contributed by atoms with Gasteiger partial charge in [0.1, 0.15) is 10.8 Å². The molecule has 1 fully saturated rings. The maximum absolute atomic E-state index is 14.0. The number of carboxylic acids is 1. The Bertz CT molecular complexity index is 612. The van der Waals surface area contributed by atoms with Gasteiger partial charge in [-0.25, -0.2) is 0 Å². The molecule has 1 aromatic carbocycles. The lowest BCUT2D eigenvalue weighted by atomic mass is 10.1. The molecule has 0 unspecified atom stereocenters. The fraction of sp³-hybridized carbons (Fsp3) is 0.400. The lowest BCUT2D eigenvalue weighted by Gasteiger charge is -2.17. The van der Waals surface area contributed by atoms with Crippen molar-refractivity contribution in [2.45, 2.75) is 20.0 Å². The number of aliphatic carboxylic acids is 1. The molecule has 1 aliphatic rings. The first-order valence-electron chi connectivity index (χ1n) is 6.48. The van der Waals surface area contributed by atoms with E-state index in [2.05, 4.69) is 4.74 Å². The Hall–Kier alpha value is -1.33. The smallest absolute Gasteiger partial charge is 0.437 e. The highest BCUT2D eigenvalue weighted by molar-refractivity contribution is 6.30. The SMILES string of the molecule is CC1(C)[C@H](C=C(Cl)C(F)(F)Oc2ccc(Cl)cc2)[C@@H]1C(=O)O. The van der Waals surface area contributed by atoms with Gasteiger partial charge in [0.25, 0.3) is 0 Å². The molecular formula is C15H14Cl2F2O3. The Morgan fingerprint density at radius 2 is 1.91 bits per heavy atom. The molecule has 2 atom stereocenters. The highest BCUT2D eigenvalue weighted by atomic mass is 35.5. The van der Waals surface area contributed by atoms with E-state index in [4.69, 9.17) is 28.3 Å². The average molecular weight is 351 g/mol. The summed E-state index contributed by atoms with van der Waals surface area (Å²) >= 11 is 11.3. The van der Waals surface area contributed by atoms with Gasteiger partial charge in [-0.15, -0.1) is 0 Å². The van der Waals surface area contributed by atoms with Crippen molar-refractivity contribution in [3.05, 3.63) is 40.4 Å². The molecule has 0 saturated heterocycles. The molecule has 1 aromatic rings. The van der Waals surface area contributed by atoms with Gasteiger partial charge in [-0.05, 0) is 35.6 Å². The molecule has 0 spiro atoms. The number of benzene rings is 1. The second-order valence-electron chi connectivity index (χ2n) is 5.75. The highest BCUT2D eigenvalue weighted by Gasteiger charge is 2.61. The lowest BCUT2D eigenvalue weighted by molar-refractivity contribution is -0.140. The molecule has 1 saturated carbocycles. The van der Waals surface area contributed by atoms with Crippen LogP contribution in [0.15, 0.2) is 35.4 Å². The minimum Gasteiger partial charge on any atom is -0.481 e. The van der Waals surface area contributed by atoms with Gasteiger partial charge < -0.3 is 9.84 Å². The molecule has 2 rings (SSSR count). The molecule has 120 valence electrons. The van der Waals surface area contributed by atoms with Crippen molar-refractivity contribution in [1.82, 2.24) is 0 Å². The van der Waals surface area contributed by atoms with E-state index < -0.39 is 34.4 Å². The lowest BCUT2D eigenvalue weighted by Crippen LogP contribution is -2.25. The summed E-state index contributed by atoms with van der Waals surface area (Å²) in [6.07, 6.45) is -2.67. The van der Waals surface area contributed by atoms with Gasteiger partial charge in [0.15, 0.2) is 0 Å². The summed E-state index contributed by atoms with van der Waals surface area (Å²) in [5.41, 5.74) is -0.609. The zero-order valence-corrected chi connectivity index (χ0v) is 13.3. The standard InChI is InChI=1S/C15H14Cl2F2O3/c1-14(2)10(12(14)13(20)21)7-11(17)15(18,19)22-9-5-3-8(16)4-6-9/h3-7,10,12H,1-2H3,(H,20,21)/t10-,12-/m1/s1. The number of carbonyl (C=O) groups is 1. The van der Waals surface area contributed by atoms with E-state index in [1.165, 1.54) is 24.3 Å². The summed E-state index contributed by atoms with van der Waals surface area (Å²) in [6, 6.07) is 5.41. The average Bonchev–Trinajstić information content (AvgIpc) is 2.93. The van der Waals surface area contributed by atoms with Gasteiger partial charge >= 0.3 is 12.1 Å². The molecule has 0 aromatic heterocycles. The Morgan fingerprint density at radius 3 is 2.36 bits per heavy atom. The van der Waals surface area contributed by atoms with E-state index in [9.17, 15) is 13.6 Å². The van der Waals surface area contributed by atoms with Crippen LogP contribution < -0.4 is 4.74 Å². The largest absolute Gasteiger partial charge is 0.481 e. The van der Waals surface area contributed by atoms with Crippen LogP contribution in [0.5, 0.6) is 5.75 Å². The minimum atomic E-state index is -3.74. The molecule has 0 aliphatic heterocycles. The number of hydrogen-bond acceptors (Lipinski definition) is 2. The van der Waals surface area contributed by atoms with Crippen molar-refractivity contribution in [1.29, 1.82) is 0 Å². The molecule has 1 aliphatic carbocycles. The quantitative estimate of drug-likeness (QED) is 0.830. The van der Waals surface area contributed by atoms with Crippen molar-refractivity contribution in [2.75, 3.05) is 0 Å². The summed E-state index contributed by atoms with van der Waals surface area (Å²) in [5, 5.41) is 8.59. The van der Waals surface area contributed by atoms with Crippen LogP contribution in [0.25, 0.3) is 0 Å². The predicted molar refractivity (Wildman–Crippen MR) is 79.4 cm³/mol. The van der Waals surface area contributed by atoms with E-state index in [1.54, 1.807) is 13.8 Å². The van der Waals surface area contributed by atoms with Crippen molar-refractivity contribution >= 4 is 29.2 Å². The first-order valence-corrected chi connectivity index (χ1v) is 7.24. The Morgan fingerprint density at radius 1 is 1.36 bits per heavy atom. The van der Waals surface area contributed by atoms with E-state index in [0.717, 1.165) is 6.08 Å². The van der Waals surface area contributed by atoms with Gasteiger partial charge in [0.05, 0.1) is 5.92 Å². The van der Waals surface area contributed by atoms with Crippen LogP contribution in [-0.4, -0.2) is 17.2 Å². The Labute approximate surface area is 136 Å². The number of alkyl halides is 2. The van der Waals surface area contributed by atoms with Crippen LogP contribution in [0, 0.1) is 17.3 Å². The van der Waals surface area contributed by atoms with Crippen LogP contribution in [0.4, 0.5) is 8.78 Å². The zero-order valence-electron chi connectivity index (χ0n) is 11.8. The molecule has 0 heterocycles. The van der Waals surface area contributed by atoms with Crippen molar-refractivity contribution in [2.24, 2.45) is 17.3 Å². The van der Waals surface area contributed by atoms with Gasteiger partial charge in [0.2, 0.25) is 0 Å². The van der Waals surface area contributed by atoms with Crippen LogP contribution in [0.1, 0.15) is 13.8 Å². The number of halogens is 4. The van der Waals surface area contributed by atoms with E-state index in [1.807, 2.05) is 0 Å². The molecule has 3 nitrogen and oxygen atoms in total. The third-order valence-corrected chi connectivity index (χ3v) is 4.44. The second-order valence-corrected chi connectivity index (χ2v) is 6.59. The highest BCUT2D eigenvalue weighted by Crippen LogP contribution is 2.60. The van der Waals surface area contributed by atoms with Crippen LogP contribution in [0.2, 0.25) is 5.02 Å². The molecule has 7 heteroatoms. The molecule has 1 N–H and O–H groups in total. The van der Waals surface area contributed by atoms with Gasteiger partial charge in [-0.1, -0.05) is 43.1 Å². The molecule has 0 radical (unpaired) electrons. The van der Waals surface area contributed by atoms with Crippen LogP contribution >= 0.6 is 23.2 Å². The van der Waals surface area contributed by atoms with Crippen LogP contribution in [-0.2, 0) is 4.79 Å². The van der Waals surface area contributed by atoms with Crippen molar-refractivity contribution in [3.8, 4) is 5.75 Å². The molecule has 0 bridgehead atoms. The molecular weight excluding hydrogens is 337 g/mol. The van der Waals surface area contributed by atoms with Gasteiger partial charge in [-0.2, -0.15) is 8.78 Å². The minimum absolute atomic E-state index is 0.0919. The number of rotatable bonds is 5. The first-order chi connectivity index (χ1) is 10.1. The number of allylic oxidation sites excluding steroid dienone is 1. The Kier molecular flexibility index (Phi) is 4.42. The van der Waals surface area contributed by atoms with Crippen molar-refractivity contribution in [3.63, 3.8) is 0 Å². The number of carboxylic acid groups (broad SMARTS) is 1. The van der Waals surface area contributed by atoms with Gasteiger partial charge in [0, 0.05) is 5.02 Å². The topological polar surface area (TPSA) is 46.5 Å². The summed E-state index contributed by atoms with van der Waals surface area (Å²) in [7, 11) is 0. The van der Waals surface area contributed by atoms with E-state index in [-0.39, 0.29) is 5.75 Å². The fourth-order valence-electron chi connectivity index (χ4n) is 2.41. The third kappa shape index (κ3) is 3.36. The van der Waals surface area contributed by atoms with E-state index >= 15 is 0 Å². The normalized spacial score (nSPS) is 24.0. The summed E-state index contributed by atoms with van der Waals surface area (Å²) < 4.78 is 32.5. The summed E-state index contributed by atoms with van der Waals surface area (Å²) in [4.78, 5) is 11.0. The monoisotopic (exact) mass is 350 g/mol. The number of ether oxygens (including phenoxy) is 1. The summed E-state index contributed by atoms with van der Waals surface area (Å²) in [6.45, 7) is 3.38. The first kappa shape index (κ1) is 17.0. The maximum Gasteiger partial charge on any atom is 0.437 e. The molecule has 0 amide bonds. The Balaban J connectivity index is 2.13.